The van der Waals surface area contributed by atoms with Gasteiger partial charge in [0.15, 0.2) is 13.6 Å². The van der Waals surface area contributed by atoms with Crippen LogP contribution < -0.4 is 0 Å². The number of nitrogens with zero attached hydrogens (tertiary/aromatic N) is 3. The molecule has 0 aromatic rings. The van der Waals surface area contributed by atoms with Gasteiger partial charge in [0.05, 0.1) is 19.8 Å². The third kappa shape index (κ3) is 13.2. The van der Waals surface area contributed by atoms with E-state index in [0.717, 1.165) is 26.1 Å². The molecule has 0 N–H and O–H groups in total. The molecule has 0 bridgehead atoms. The summed E-state index contributed by atoms with van der Waals surface area (Å²) in [5, 5.41) is 0.273. The molecule has 0 unspecified atom stereocenters. The van der Waals surface area contributed by atoms with Crippen LogP contribution in [0.15, 0.2) is 0 Å². The molecule has 32 heavy (non-hydrogen) atoms. The van der Waals surface area contributed by atoms with Gasteiger partial charge >= 0.3 is 0 Å². The Bertz CT molecular complexity index is 441. The van der Waals surface area contributed by atoms with E-state index in [4.69, 9.17) is 9.26 Å². The molecule has 0 fully saturated rings. The molecular formula is C24H52N3O3PS. The zero-order valence-corrected chi connectivity index (χ0v) is 24.3. The van der Waals surface area contributed by atoms with Crippen LogP contribution in [0.2, 0.25) is 0 Å². The summed E-state index contributed by atoms with van der Waals surface area (Å²) in [5.41, 5.74) is 0. The molecule has 192 valence electrons. The van der Waals surface area contributed by atoms with E-state index in [9.17, 15) is 4.79 Å². The lowest BCUT2D eigenvalue weighted by Gasteiger charge is -2.45. The second kappa shape index (κ2) is 18.6. The summed E-state index contributed by atoms with van der Waals surface area (Å²) in [4.78, 5) is 14.4. The minimum atomic E-state index is -0.872. The SMILES string of the molecule is CCN(CC)CCCC(=O)SCCOCCOP(N(C(C)C)C(C)C)N(C(C)C)C(C)C. The molecule has 6 nitrogen and oxygen atoms in total. The van der Waals surface area contributed by atoms with Crippen molar-refractivity contribution in [2.24, 2.45) is 0 Å². The molecule has 0 aliphatic heterocycles. The Balaban J connectivity index is 4.39. The smallest absolute Gasteiger partial charge is 0.189 e. The summed E-state index contributed by atoms with van der Waals surface area (Å²) in [6, 6.07) is 1.63. The third-order valence-corrected chi connectivity index (χ3v) is 9.13. The Hall–Kier alpha value is 0.250. The van der Waals surface area contributed by atoms with E-state index in [2.05, 4.69) is 83.5 Å². The summed E-state index contributed by atoms with van der Waals surface area (Å²) in [6.07, 6.45) is 1.59. The van der Waals surface area contributed by atoms with Crippen LogP contribution in [0, 0.1) is 0 Å². The summed E-state index contributed by atoms with van der Waals surface area (Å²) in [6.45, 7) is 27.1. The molecule has 0 spiro atoms. The summed E-state index contributed by atoms with van der Waals surface area (Å²) in [7, 11) is -0.872. The van der Waals surface area contributed by atoms with Gasteiger partial charge in [-0.05, 0) is 81.4 Å². The van der Waals surface area contributed by atoms with Crippen molar-refractivity contribution in [1.29, 1.82) is 0 Å². The molecular weight excluding hydrogens is 441 g/mol. The van der Waals surface area contributed by atoms with E-state index >= 15 is 0 Å². The quantitative estimate of drug-likeness (QED) is 0.165. The summed E-state index contributed by atoms with van der Waals surface area (Å²) < 4.78 is 17.2. The highest BCUT2D eigenvalue weighted by Crippen LogP contribution is 2.50. The molecule has 0 aromatic heterocycles. The summed E-state index contributed by atoms with van der Waals surface area (Å²) >= 11 is 1.40. The van der Waals surface area contributed by atoms with Crippen LogP contribution in [0.25, 0.3) is 0 Å². The molecule has 0 rings (SSSR count). The third-order valence-electron chi connectivity index (χ3n) is 5.19. The van der Waals surface area contributed by atoms with Crippen molar-refractivity contribution >= 4 is 25.3 Å². The lowest BCUT2D eigenvalue weighted by Crippen LogP contribution is -2.43. The molecule has 0 aromatic carbocycles. The van der Waals surface area contributed by atoms with Crippen LogP contribution in [0.1, 0.15) is 82.1 Å². The van der Waals surface area contributed by atoms with Gasteiger partial charge in [-0.3, -0.25) is 4.79 Å². The van der Waals surface area contributed by atoms with E-state index in [1.807, 2.05) is 0 Å². The largest absolute Gasteiger partial charge is 0.378 e. The predicted octanol–water partition coefficient (Wildman–Crippen LogP) is 5.87. The molecule has 0 aliphatic carbocycles. The zero-order valence-electron chi connectivity index (χ0n) is 22.6. The van der Waals surface area contributed by atoms with Crippen molar-refractivity contribution in [3.05, 3.63) is 0 Å². The molecule has 0 atom stereocenters. The Morgan fingerprint density at radius 2 is 1.31 bits per heavy atom. The molecule has 0 saturated heterocycles. The van der Waals surface area contributed by atoms with Crippen molar-refractivity contribution < 1.29 is 14.1 Å². The van der Waals surface area contributed by atoms with Gasteiger partial charge in [0.2, 0.25) is 0 Å². The van der Waals surface area contributed by atoms with Crippen LogP contribution in [-0.4, -0.2) is 88.7 Å². The first-order chi connectivity index (χ1) is 15.1. The Labute approximate surface area is 205 Å². The van der Waals surface area contributed by atoms with Gasteiger partial charge in [0.25, 0.3) is 0 Å². The Morgan fingerprint density at radius 3 is 1.75 bits per heavy atom. The van der Waals surface area contributed by atoms with E-state index in [-0.39, 0.29) is 5.12 Å². The fourth-order valence-electron chi connectivity index (χ4n) is 3.79. The maximum Gasteiger partial charge on any atom is 0.189 e. The molecule has 0 heterocycles. The average molecular weight is 494 g/mol. The first kappa shape index (κ1) is 32.2. The second-order valence-electron chi connectivity index (χ2n) is 9.18. The van der Waals surface area contributed by atoms with Crippen LogP contribution in [0.3, 0.4) is 0 Å². The van der Waals surface area contributed by atoms with Gasteiger partial charge in [0.1, 0.15) is 0 Å². The lowest BCUT2D eigenvalue weighted by atomic mass is 10.3. The van der Waals surface area contributed by atoms with Gasteiger partial charge in [-0.1, -0.05) is 25.6 Å². The predicted molar refractivity (Wildman–Crippen MR) is 142 cm³/mol. The van der Waals surface area contributed by atoms with E-state index in [1.54, 1.807) is 0 Å². The maximum atomic E-state index is 12.0. The minimum Gasteiger partial charge on any atom is -0.378 e. The van der Waals surface area contributed by atoms with Gasteiger partial charge in [0, 0.05) is 36.3 Å². The number of carbonyl (C=O) groups is 1. The molecule has 0 saturated carbocycles. The summed E-state index contributed by atoms with van der Waals surface area (Å²) in [5.74, 6) is 0.715. The first-order valence-corrected chi connectivity index (χ1v) is 14.7. The van der Waals surface area contributed by atoms with Gasteiger partial charge in [-0.25, -0.2) is 9.34 Å². The Morgan fingerprint density at radius 1 is 0.812 bits per heavy atom. The van der Waals surface area contributed by atoms with Crippen LogP contribution in [0.4, 0.5) is 0 Å². The number of ether oxygens (including phenoxy) is 1. The monoisotopic (exact) mass is 493 g/mol. The normalized spacial score (nSPS) is 12.8. The number of hydrogen-bond acceptors (Lipinski definition) is 7. The minimum absolute atomic E-state index is 0.273. The first-order valence-electron chi connectivity index (χ1n) is 12.5. The molecule has 0 aliphatic rings. The molecule has 0 amide bonds. The van der Waals surface area contributed by atoms with Crippen molar-refractivity contribution in [3.8, 4) is 0 Å². The second-order valence-corrected chi connectivity index (χ2v) is 12.0. The van der Waals surface area contributed by atoms with Crippen LogP contribution in [-0.2, 0) is 14.1 Å². The Kier molecular flexibility index (Phi) is 18.7. The highest BCUT2D eigenvalue weighted by Gasteiger charge is 2.34. The number of hydrogen-bond donors (Lipinski definition) is 0. The molecule has 8 heteroatoms. The zero-order chi connectivity index (χ0) is 24.7. The fraction of sp³-hybridized carbons (Fsp3) is 0.958. The van der Waals surface area contributed by atoms with Gasteiger partial charge in [-0.2, -0.15) is 0 Å². The lowest BCUT2D eigenvalue weighted by molar-refractivity contribution is -0.111. The highest BCUT2D eigenvalue weighted by atomic mass is 32.2. The standard InChI is InChI=1S/C24H52N3O3PS/c1-11-25(12-2)15-13-14-24(28)32-19-18-29-16-17-30-31(26(20(3)4)21(5)6)27(22(7)8)23(9)10/h20-23H,11-19H2,1-10H3. The van der Waals surface area contributed by atoms with E-state index in [0.29, 0.717) is 56.2 Å². The van der Waals surface area contributed by atoms with Crippen molar-refractivity contribution in [1.82, 2.24) is 14.2 Å². The molecule has 0 radical (unpaired) electrons. The van der Waals surface area contributed by atoms with Crippen molar-refractivity contribution in [2.45, 2.75) is 106 Å². The fourth-order valence-corrected chi connectivity index (χ4v) is 6.83. The van der Waals surface area contributed by atoms with Gasteiger partial charge in [-0.15, -0.1) is 0 Å². The van der Waals surface area contributed by atoms with Crippen molar-refractivity contribution in [3.63, 3.8) is 0 Å². The number of thioether (sulfide) groups is 1. The van der Waals surface area contributed by atoms with Crippen LogP contribution in [0.5, 0.6) is 0 Å². The van der Waals surface area contributed by atoms with E-state index < -0.39 is 8.45 Å². The number of rotatable bonds is 19. The topological polar surface area (TPSA) is 45.3 Å². The highest BCUT2D eigenvalue weighted by molar-refractivity contribution is 8.13. The maximum absolute atomic E-state index is 12.0. The van der Waals surface area contributed by atoms with Gasteiger partial charge < -0.3 is 14.2 Å². The van der Waals surface area contributed by atoms with Crippen molar-refractivity contribution in [2.75, 3.05) is 45.2 Å². The average Bonchev–Trinajstić information content (AvgIpc) is 2.69. The van der Waals surface area contributed by atoms with E-state index in [1.165, 1.54) is 11.8 Å². The van der Waals surface area contributed by atoms with Crippen LogP contribution >= 0.6 is 20.2 Å². The number of carbonyl (C=O) groups excluding carboxylic acids is 1.